The fraction of sp³-hybridized carbons (Fsp3) is 1.00. The van der Waals surface area contributed by atoms with Crippen LogP contribution in [0.2, 0.25) is 0 Å². The van der Waals surface area contributed by atoms with Crippen LogP contribution in [0.5, 0.6) is 0 Å². The molecule has 0 nitrogen and oxygen atoms in total. The van der Waals surface area contributed by atoms with E-state index in [4.69, 9.17) is 0 Å². The van der Waals surface area contributed by atoms with Crippen molar-refractivity contribution >= 4 is 0 Å². The lowest BCUT2D eigenvalue weighted by molar-refractivity contribution is 0.332. The smallest absolute Gasteiger partial charge is 0.0266 e. The number of fused-ring (bicyclic) bond motifs is 4. The van der Waals surface area contributed by atoms with E-state index in [0.717, 1.165) is 10.8 Å². The average molecular weight is 329 g/mol. The summed E-state index contributed by atoms with van der Waals surface area (Å²) >= 11 is 0. The minimum absolute atomic E-state index is 0.944. The molecule has 0 N–H and O–H groups in total. The van der Waals surface area contributed by atoms with Crippen molar-refractivity contribution in [2.24, 2.45) is 34.5 Å². The lowest BCUT2D eigenvalue weighted by Gasteiger charge is -2.15. The third-order valence-corrected chi connectivity index (χ3v) is 9.61. The summed E-state index contributed by atoms with van der Waals surface area (Å²) in [7, 11) is 0. The van der Waals surface area contributed by atoms with Crippen LogP contribution < -0.4 is 0 Å². The zero-order chi connectivity index (χ0) is 16.0. The molecule has 7 aliphatic rings. The third kappa shape index (κ3) is 3.21. The molecular formula is C24H40. The van der Waals surface area contributed by atoms with E-state index in [0.29, 0.717) is 0 Å². The van der Waals surface area contributed by atoms with Gasteiger partial charge in [-0.2, -0.15) is 0 Å². The van der Waals surface area contributed by atoms with E-state index in [1.807, 2.05) is 0 Å². The highest BCUT2D eigenvalue weighted by Crippen LogP contribution is 2.67. The first kappa shape index (κ1) is 16.2. The van der Waals surface area contributed by atoms with Crippen LogP contribution in [-0.4, -0.2) is 0 Å². The van der Waals surface area contributed by atoms with E-state index in [-0.39, 0.29) is 0 Å². The molecule has 2 spiro atoms. The Morgan fingerprint density at radius 3 is 1.62 bits per heavy atom. The van der Waals surface area contributed by atoms with Gasteiger partial charge in [-0.05, 0) is 98.7 Å². The lowest BCUT2D eigenvalue weighted by Crippen LogP contribution is -2.08. The van der Waals surface area contributed by atoms with E-state index in [2.05, 4.69) is 0 Å². The van der Waals surface area contributed by atoms with Gasteiger partial charge in [-0.15, -0.1) is 0 Å². The predicted octanol–water partition coefficient (Wildman–Crippen LogP) is 7.51. The summed E-state index contributed by atoms with van der Waals surface area (Å²) in [5, 5.41) is 0. The molecule has 0 aromatic carbocycles. The molecule has 24 heavy (non-hydrogen) atoms. The highest BCUT2D eigenvalue weighted by molar-refractivity contribution is 5.07. The molecule has 0 saturated heterocycles. The first-order valence-corrected chi connectivity index (χ1v) is 11.8. The van der Waals surface area contributed by atoms with E-state index < -0.39 is 0 Å². The Hall–Kier alpha value is 0. The standard InChI is InChI=1S/C10H16.2C7H12/c1-2-8-4-5-10(6-7-10)9(8)3-1;1-2-7-4-3-6(1)5-7;1-2-4-7(3-1)5-6-7/h8-9H,1-7H2;6-7H,1-5H2;1-6H2. The summed E-state index contributed by atoms with van der Waals surface area (Å²) in [5.41, 5.74) is 1.89. The summed E-state index contributed by atoms with van der Waals surface area (Å²) in [6.07, 6.45) is 28.2. The van der Waals surface area contributed by atoms with Crippen LogP contribution in [0, 0.1) is 34.5 Å². The van der Waals surface area contributed by atoms with Crippen molar-refractivity contribution in [1.82, 2.24) is 0 Å². The molecule has 2 atom stereocenters. The van der Waals surface area contributed by atoms with E-state index >= 15 is 0 Å². The van der Waals surface area contributed by atoms with Crippen molar-refractivity contribution < 1.29 is 0 Å². The Balaban J connectivity index is 0.0000000839. The van der Waals surface area contributed by atoms with Gasteiger partial charge in [0, 0.05) is 0 Å². The Morgan fingerprint density at radius 2 is 1.17 bits per heavy atom. The molecule has 7 aliphatic carbocycles. The highest BCUT2D eigenvalue weighted by Gasteiger charge is 2.56. The Kier molecular flexibility index (Phi) is 4.26. The van der Waals surface area contributed by atoms with Crippen LogP contribution in [0.3, 0.4) is 0 Å². The quantitative estimate of drug-likeness (QED) is 0.431. The zero-order valence-electron chi connectivity index (χ0n) is 16.0. The molecule has 7 rings (SSSR count). The second kappa shape index (κ2) is 6.31. The number of hydrogen-bond acceptors (Lipinski definition) is 0. The monoisotopic (exact) mass is 328 g/mol. The topological polar surface area (TPSA) is 0 Å². The maximum Gasteiger partial charge on any atom is -0.0266 e. The molecule has 7 fully saturated rings. The SMILES string of the molecule is C1CC2CCC1C2.C1CC2CCC3(CC3)C2C1.C1CCC2(C1)CC2. The second-order valence-corrected chi connectivity index (χ2v) is 11.0. The van der Waals surface area contributed by atoms with Gasteiger partial charge in [0.1, 0.15) is 0 Å². The fourth-order valence-corrected chi connectivity index (χ4v) is 7.60. The van der Waals surface area contributed by atoms with Crippen molar-refractivity contribution in [2.45, 2.75) is 116 Å². The van der Waals surface area contributed by atoms with E-state index in [1.54, 1.807) is 103 Å². The van der Waals surface area contributed by atoms with E-state index in [1.165, 1.54) is 36.5 Å². The van der Waals surface area contributed by atoms with Gasteiger partial charge in [0.15, 0.2) is 0 Å². The van der Waals surface area contributed by atoms with Gasteiger partial charge in [-0.3, -0.25) is 0 Å². The van der Waals surface area contributed by atoms with Gasteiger partial charge in [-0.1, -0.05) is 51.4 Å². The predicted molar refractivity (Wildman–Crippen MR) is 102 cm³/mol. The van der Waals surface area contributed by atoms with Crippen molar-refractivity contribution in [3.8, 4) is 0 Å². The van der Waals surface area contributed by atoms with Gasteiger partial charge < -0.3 is 0 Å². The summed E-state index contributed by atoms with van der Waals surface area (Å²) in [5.74, 6) is 4.73. The Bertz CT molecular complexity index is 415. The normalized spacial score (nSPS) is 44.0. The first-order valence-electron chi connectivity index (χ1n) is 11.8. The summed E-state index contributed by atoms with van der Waals surface area (Å²) in [4.78, 5) is 0. The number of rotatable bonds is 0. The first-order chi connectivity index (χ1) is 11.8. The van der Waals surface area contributed by atoms with Gasteiger partial charge in [0.05, 0.1) is 0 Å². The number of hydrogen-bond donors (Lipinski definition) is 0. The van der Waals surface area contributed by atoms with Crippen LogP contribution in [0.1, 0.15) is 116 Å². The van der Waals surface area contributed by atoms with Crippen LogP contribution in [-0.2, 0) is 0 Å². The average Bonchev–Trinajstić information content (AvgIpc) is 3.16. The molecule has 2 unspecified atom stereocenters. The van der Waals surface area contributed by atoms with Gasteiger partial charge in [0.2, 0.25) is 0 Å². The largest absolute Gasteiger partial charge is 0.0528 e. The van der Waals surface area contributed by atoms with Crippen LogP contribution >= 0.6 is 0 Å². The maximum absolute atomic E-state index is 1.60. The van der Waals surface area contributed by atoms with Gasteiger partial charge in [0.25, 0.3) is 0 Å². The van der Waals surface area contributed by atoms with Crippen molar-refractivity contribution in [3.05, 3.63) is 0 Å². The third-order valence-electron chi connectivity index (χ3n) is 9.61. The molecule has 7 saturated carbocycles. The van der Waals surface area contributed by atoms with Gasteiger partial charge >= 0.3 is 0 Å². The molecule has 0 aromatic rings. The molecule has 0 aromatic heterocycles. The van der Waals surface area contributed by atoms with E-state index in [9.17, 15) is 0 Å². The van der Waals surface area contributed by atoms with Crippen LogP contribution in [0.25, 0.3) is 0 Å². The van der Waals surface area contributed by atoms with Crippen LogP contribution in [0.4, 0.5) is 0 Å². The summed E-state index contributed by atoms with van der Waals surface area (Å²) in [6, 6.07) is 0. The zero-order valence-corrected chi connectivity index (χ0v) is 16.0. The van der Waals surface area contributed by atoms with Crippen LogP contribution in [0.15, 0.2) is 0 Å². The van der Waals surface area contributed by atoms with Crippen molar-refractivity contribution in [2.75, 3.05) is 0 Å². The Labute approximate surface area is 150 Å². The fourth-order valence-electron chi connectivity index (χ4n) is 7.60. The minimum Gasteiger partial charge on any atom is -0.0528 e. The van der Waals surface area contributed by atoms with Gasteiger partial charge in [-0.25, -0.2) is 0 Å². The lowest BCUT2D eigenvalue weighted by atomic mass is 9.89. The highest BCUT2D eigenvalue weighted by atomic mass is 14.6. The molecule has 0 heteroatoms. The molecule has 136 valence electrons. The summed E-state index contributed by atoms with van der Waals surface area (Å²) in [6.45, 7) is 0. The minimum atomic E-state index is 0.944. The van der Waals surface area contributed by atoms with Crippen molar-refractivity contribution in [3.63, 3.8) is 0 Å². The van der Waals surface area contributed by atoms with Crippen molar-refractivity contribution in [1.29, 1.82) is 0 Å². The molecule has 0 heterocycles. The molecule has 0 aliphatic heterocycles. The molecule has 0 radical (unpaired) electrons. The molecular weight excluding hydrogens is 288 g/mol. The molecule has 2 bridgehead atoms. The maximum atomic E-state index is 1.60. The Morgan fingerprint density at radius 1 is 0.500 bits per heavy atom. The molecule has 0 amide bonds. The summed E-state index contributed by atoms with van der Waals surface area (Å²) < 4.78 is 0. The second-order valence-electron chi connectivity index (χ2n) is 11.0.